The van der Waals surface area contributed by atoms with Crippen LogP contribution in [0.15, 0.2) is 5.16 Å². The van der Waals surface area contributed by atoms with Gasteiger partial charge in [-0.1, -0.05) is 11.1 Å². The molecule has 19 heavy (non-hydrogen) atoms. The predicted octanol–water partition coefficient (Wildman–Crippen LogP) is 0.274. The molecular weight excluding hydrogens is 248 g/mol. The van der Waals surface area contributed by atoms with E-state index in [0.29, 0.717) is 6.54 Å². The summed E-state index contributed by atoms with van der Waals surface area (Å²) in [5, 5.41) is 3.53. The highest BCUT2D eigenvalue weighted by Gasteiger charge is 2.21. The second-order valence-electron chi connectivity index (χ2n) is 4.37. The van der Waals surface area contributed by atoms with E-state index in [1.807, 2.05) is 13.8 Å². The van der Waals surface area contributed by atoms with E-state index in [1.54, 1.807) is 0 Å². The van der Waals surface area contributed by atoms with Crippen molar-refractivity contribution in [3.8, 4) is 11.8 Å². The molecule has 0 bridgehead atoms. The van der Waals surface area contributed by atoms with Gasteiger partial charge >= 0.3 is 5.97 Å². The van der Waals surface area contributed by atoms with Crippen LogP contribution in [-0.4, -0.2) is 62.6 Å². The Hall–Kier alpha value is -1.58. The zero-order valence-corrected chi connectivity index (χ0v) is 11.8. The van der Waals surface area contributed by atoms with Crippen molar-refractivity contribution in [1.82, 2.24) is 4.90 Å². The second kappa shape index (κ2) is 7.77. The van der Waals surface area contributed by atoms with Crippen LogP contribution in [0.4, 0.5) is 0 Å². The van der Waals surface area contributed by atoms with Gasteiger partial charge in [0.15, 0.2) is 0 Å². The van der Waals surface area contributed by atoms with Crippen molar-refractivity contribution < 1.29 is 19.1 Å². The second-order valence-corrected chi connectivity index (χ2v) is 4.37. The summed E-state index contributed by atoms with van der Waals surface area (Å²) in [6.07, 6.45) is 0.386. The highest BCUT2D eigenvalue weighted by atomic mass is 16.6. The summed E-state index contributed by atoms with van der Waals surface area (Å²) in [6, 6.07) is 0. The Kier molecular flexibility index (Phi) is 6.33. The number of morpholine rings is 1. The third kappa shape index (κ3) is 5.28. The number of carbonyl (C=O) groups excluding carboxylic acids is 1. The van der Waals surface area contributed by atoms with Crippen molar-refractivity contribution in [2.45, 2.75) is 26.1 Å². The van der Waals surface area contributed by atoms with Crippen LogP contribution >= 0.6 is 0 Å². The first kappa shape index (κ1) is 15.5. The smallest absolute Gasteiger partial charge is 0.368 e. The standard InChI is InChI=1S/C13H20N2O4/c1-10-8-15(9-11(2)19-10)7-5-6-12(14-18-4)13(16)17-3/h10-11H,7-9H2,1-4H3/t10-,11+. The summed E-state index contributed by atoms with van der Waals surface area (Å²) in [6.45, 7) is 6.27. The molecule has 1 heterocycles. The van der Waals surface area contributed by atoms with E-state index in [4.69, 9.17) is 4.74 Å². The summed E-state index contributed by atoms with van der Waals surface area (Å²) in [4.78, 5) is 18.0. The molecule has 0 aromatic heterocycles. The minimum Gasteiger partial charge on any atom is -0.464 e. The first-order valence-electron chi connectivity index (χ1n) is 6.13. The summed E-state index contributed by atoms with van der Waals surface area (Å²) < 4.78 is 10.2. The van der Waals surface area contributed by atoms with E-state index < -0.39 is 5.97 Å². The van der Waals surface area contributed by atoms with E-state index in [2.05, 4.69) is 31.5 Å². The molecule has 1 aliphatic heterocycles. The van der Waals surface area contributed by atoms with Crippen LogP contribution in [0.2, 0.25) is 0 Å². The van der Waals surface area contributed by atoms with E-state index in [0.717, 1.165) is 13.1 Å². The number of hydrogen-bond acceptors (Lipinski definition) is 6. The Morgan fingerprint density at radius 1 is 1.37 bits per heavy atom. The Balaban J connectivity index is 2.57. The van der Waals surface area contributed by atoms with Crippen LogP contribution in [0.25, 0.3) is 0 Å². The largest absolute Gasteiger partial charge is 0.464 e. The number of nitrogens with zero attached hydrogens (tertiary/aromatic N) is 2. The van der Waals surface area contributed by atoms with Gasteiger partial charge in [0.2, 0.25) is 5.71 Å². The molecule has 1 rings (SSSR count). The summed E-state index contributed by atoms with van der Waals surface area (Å²) in [5.74, 6) is 4.97. The topological polar surface area (TPSA) is 60.4 Å². The van der Waals surface area contributed by atoms with Gasteiger partial charge < -0.3 is 14.3 Å². The average molecular weight is 268 g/mol. The number of esters is 1. The average Bonchev–Trinajstić information content (AvgIpc) is 2.35. The molecule has 6 heteroatoms. The number of methoxy groups -OCH3 is 1. The molecule has 0 unspecified atom stereocenters. The van der Waals surface area contributed by atoms with Gasteiger partial charge in [0.05, 0.1) is 25.9 Å². The normalized spacial score (nSPS) is 24.3. The molecular formula is C13H20N2O4. The highest BCUT2D eigenvalue weighted by molar-refractivity contribution is 6.43. The maximum absolute atomic E-state index is 11.3. The SMILES string of the molecule is CON=C(C#CCN1C[C@@H](C)O[C@@H](C)C1)C(=O)OC. The number of oxime groups is 1. The predicted molar refractivity (Wildman–Crippen MR) is 70.7 cm³/mol. The lowest BCUT2D eigenvalue weighted by atomic mass is 10.2. The van der Waals surface area contributed by atoms with Crippen LogP contribution in [0.1, 0.15) is 13.8 Å². The quantitative estimate of drug-likeness (QED) is 0.318. The Bertz CT molecular complexity index is 387. The van der Waals surface area contributed by atoms with E-state index >= 15 is 0 Å². The fourth-order valence-corrected chi connectivity index (χ4v) is 1.95. The van der Waals surface area contributed by atoms with E-state index in [-0.39, 0.29) is 17.9 Å². The summed E-state index contributed by atoms with van der Waals surface area (Å²) in [7, 11) is 2.64. The molecule has 0 amide bonds. The number of hydrogen-bond donors (Lipinski definition) is 0. The molecule has 6 nitrogen and oxygen atoms in total. The van der Waals surface area contributed by atoms with Crippen LogP contribution in [0.5, 0.6) is 0 Å². The molecule has 1 saturated heterocycles. The fraction of sp³-hybridized carbons (Fsp3) is 0.692. The Morgan fingerprint density at radius 2 is 2.00 bits per heavy atom. The molecule has 0 N–H and O–H groups in total. The number of ether oxygens (including phenoxy) is 2. The van der Waals surface area contributed by atoms with Crippen molar-refractivity contribution in [3.05, 3.63) is 0 Å². The molecule has 0 radical (unpaired) electrons. The number of rotatable bonds is 3. The van der Waals surface area contributed by atoms with Gasteiger partial charge in [-0.15, -0.1) is 0 Å². The van der Waals surface area contributed by atoms with Crippen molar-refractivity contribution in [2.24, 2.45) is 5.16 Å². The molecule has 0 aromatic carbocycles. The van der Waals surface area contributed by atoms with Crippen molar-refractivity contribution in [2.75, 3.05) is 33.9 Å². The molecule has 0 saturated carbocycles. The molecule has 1 aliphatic rings. The lowest BCUT2D eigenvalue weighted by Gasteiger charge is -2.34. The first-order valence-corrected chi connectivity index (χ1v) is 6.13. The van der Waals surface area contributed by atoms with Gasteiger partial charge in [-0.05, 0) is 19.8 Å². The lowest BCUT2D eigenvalue weighted by Crippen LogP contribution is -2.45. The zero-order chi connectivity index (χ0) is 14.3. The van der Waals surface area contributed by atoms with Crippen LogP contribution in [0.3, 0.4) is 0 Å². The number of carbonyl (C=O) groups is 1. The maximum atomic E-state index is 11.3. The van der Waals surface area contributed by atoms with Crippen LogP contribution in [-0.2, 0) is 19.1 Å². The molecule has 2 atom stereocenters. The van der Waals surface area contributed by atoms with Crippen LogP contribution in [0, 0.1) is 11.8 Å². The Morgan fingerprint density at radius 3 is 2.53 bits per heavy atom. The van der Waals surface area contributed by atoms with Gasteiger partial charge in [-0.3, -0.25) is 4.90 Å². The Labute approximate surface area is 113 Å². The van der Waals surface area contributed by atoms with Gasteiger partial charge in [0.25, 0.3) is 0 Å². The van der Waals surface area contributed by atoms with Gasteiger partial charge in [-0.25, -0.2) is 4.79 Å². The zero-order valence-electron chi connectivity index (χ0n) is 11.8. The maximum Gasteiger partial charge on any atom is 0.368 e. The third-order valence-corrected chi connectivity index (χ3v) is 2.57. The molecule has 0 spiro atoms. The van der Waals surface area contributed by atoms with Gasteiger partial charge in [0.1, 0.15) is 7.11 Å². The van der Waals surface area contributed by atoms with Gasteiger partial charge in [-0.2, -0.15) is 0 Å². The van der Waals surface area contributed by atoms with Crippen molar-refractivity contribution in [3.63, 3.8) is 0 Å². The van der Waals surface area contributed by atoms with Gasteiger partial charge in [0, 0.05) is 13.1 Å². The molecule has 0 aromatic rings. The molecule has 1 fully saturated rings. The lowest BCUT2D eigenvalue weighted by molar-refractivity contribution is -0.132. The van der Waals surface area contributed by atoms with Crippen LogP contribution < -0.4 is 0 Å². The first-order chi connectivity index (χ1) is 9.06. The van der Waals surface area contributed by atoms with E-state index in [1.165, 1.54) is 14.2 Å². The molecule has 106 valence electrons. The summed E-state index contributed by atoms with van der Waals surface area (Å²) in [5.41, 5.74) is -0.0284. The van der Waals surface area contributed by atoms with E-state index in [9.17, 15) is 4.79 Å². The minimum absolute atomic E-state index is 0.0284. The molecule has 0 aliphatic carbocycles. The minimum atomic E-state index is -0.599. The summed E-state index contributed by atoms with van der Waals surface area (Å²) >= 11 is 0. The van der Waals surface area contributed by atoms with Crippen molar-refractivity contribution >= 4 is 11.7 Å². The fourth-order valence-electron chi connectivity index (χ4n) is 1.95. The highest BCUT2D eigenvalue weighted by Crippen LogP contribution is 2.09. The van der Waals surface area contributed by atoms with Crippen molar-refractivity contribution in [1.29, 1.82) is 0 Å². The third-order valence-electron chi connectivity index (χ3n) is 2.57. The monoisotopic (exact) mass is 268 g/mol.